The minimum atomic E-state index is -1.04. The minimum absolute atomic E-state index is 0.109. The average molecular weight is 260 g/mol. The Morgan fingerprint density at radius 2 is 1.95 bits per heavy atom. The number of carbonyl (C=O) groups is 1. The molecule has 98 valence electrons. The number of aromatic carboxylic acids is 1. The molecule has 1 heterocycles. The van der Waals surface area contributed by atoms with Crippen LogP contribution in [0.25, 0.3) is 0 Å². The Morgan fingerprint density at radius 3 is 2.58 bits per heavy atom. The maximum atomic E-state index is 10.9. The average Bonchev–Trinajstić information content (AvgIpc) is 2.41. The Hall–Kier alpha value is -2.63. The number of nitrogens with zero attached hydrogens (tertiary/aromatic N) is 2. The fourth-order valence-electron chi connectivity index (χ4n) is 1.49. The van der Waals surface area contributed by atoms with Gasteiger partial charge in [-0.05, 0) is 25.1 Å². The second-order valence-corrected chi connectivity index (χ2v) is 3.72. The fourth-order valence-corrected chi connectivity index (χ4v) is 1.49. The summed E-state index contributed by atoms with van der Waals surface area (Å²) < 4.78 is 10.7. The van der Waals surface area contributed by atoms with Crippen LogP contribution < -0.4 is 9.47 Å². The van der Waals surface area contributed by atoms with Gasteiger partial charge in [-0.1, -0.05) is 0 Å². The summed E-state index contributed by atoms with van der Waals surface area (Å²) in [4.78, 5) is 19.0. The normalized spacial score (nSPS) is 10.0. The van der Waals surface area contributed by atoms with Crippen molar-refractivity contribution in [2.24, 2.45) is 0 Å². The molecule has 0 saturated heterocycles. The number of benzene rings is 1. The van der Waals surface area contributed by atoms with Crippen LogP contribution in [0.3, 0.4) is 0 Å². The van der Waals surface area contributed by atoms with Crippen LogP contribution >= 0.6 is 0 Å². The molecule has 0 aliphatic carbocycles. The highest BCUT2D eigenvalue weighted by Gasteiger charge is 2.12. The number of ether oxygens (including phenoxy) is 2. The van der Waals surface area contributed by atoms with Crippen molar-refractivity contribution in [3.8, 4) is 17.4 Å². The van der Waals surface area contributed by atoms with Crippen molar-refractivity contribution >= 4 is 5.97 Å². The molecule has 0 bridgehead atoms. The molecular weight excluding hydrogens is 248 g/mol. The number of rotatable bonds is 4. The van der Waals surface area contributed by atoms with Gasteiger partial charge in [-0.3, -0.25) is 4.98 Å². The molecule has 0 saturated carbocycles. The Balaban J connectivity index is 2.40. The number of hydrogen-bond acceptors (Lipinski definition) is 5. The molecule has 1 aromatic carbocycles. The lowest BCUT2D eigenvalue weighted by molar-refractivity contribution is 0.0696. The smallest absolute Gasteiger partial charge is 0.335 e. The van der Waals surface area contributed by atoms with Crippen molar-refractivity contribution < 1.29 is 19.4 Å². The Bertz CT molecular complexity index is 613. The van der Waals surface area contributed by atoms with Gasteiger partial charge in [-0.25, -0.2) is 9.78 Å². The van der Waals surface area contributed by atoms with Crippen molar-refractivity contribution in [1.29, 1.82) is 0 Å². The highest BCUT2D eigenvalue weighted by Crippen LogP contribution is 2.32. The maximum Gasteiger partial charge on any atom is 0.335 e. The molecule has 0 aliphatic heterocycles. The summed E-state index contributed by atoms with van der Waals surface area (Å²) in [5, 5.41) is 8.97. The molecule has 0 radical (unpaired) electrons. The summed E-state index contributed by atoms with van der Waals surface area (Å²) in [6.45, 7) is 1.75. The van der Waals surface area contributed by atoms with Gasteiger partial charge in [-0.2, -0.15) is 0 Å². The van der Waals surface area contributed by atoms with Crippen LogP contribution in [0, 0.1) is 6.92 Å². The van der Waals surface area contributed by atoms with Crippen LogP contribution in [0.15, 0.2) is 30.6 Å². The van der Waals surface area contributed by atoms with Gasteiger partial charge in [0.25, 0.3) is 0 Å². The number of aryl methyl sites for hydroxylation is 1. The van der Waals surface area contributed by atoms with Gasteiger partial charge in [0.05, 0.1) is 18.4 Å². The quantitative estimate of drug-likeness (QED) is 0.908. The zero-order chi connectivity index (χ0) is 13.8. The summed E-state index contributed by atoms with van der Waals surface area (Å²) in [7, 11) is 1.48. The maximum absolute atomic E-state index is 10.9. The summed E-state index contributed by atoms with van der Waals surface area (Å²) in [5.41, 5.74) is 0.711. The summed E-state index contributed by atoms with van der Waals surface area (Å²) >= 11 is 0. The van der Waals surface area contributed by atoms with Crippen LogP contribution in [0.2, 0.25) is 0 Å². The van der Waals surface area contributed by atoms with Crippen LogP contribution in [0.4, 0.5) is 0 Å². The van der Waals surface area contributed by atoms with E-state index >= 15 is 0 Å². The van der Waals surface area contributed by atoms with E-state index in [1.165, 1.54) is 31.5 Å². The second-order valence-electron chi connectivity index (χ2n) is 3.72. The van der Waals surface area contributed by atoms with Crippen molar-refractivity contribution in [3.63, 3.8) is 0 Å². The number of aromatic nitrogens is 2. The lowest BCUT2D eigenvalue weighted by atomic mass is 10.2. The molecule has 1 aromatic heterocycles. The molecule has 0 unspecified atom stereocenters. The third-order valence-corrected chi connectivity index (χ3v) is 2.45. The molecule has 0 amide bonds. The van der Waals surface area contributed by atoms with Crippen molar-refractivity contribution in [3.05, 3.63) is 41.9 Å². The van der Waals surface area contributed by atoms with E-state index < -0.39 is 5.97 Å². The third-order valence-electron chi connectivity index (χ3n) is 2.45. The van der Waals surface area contributed by atoms with Gasteiger partial charge in [-0.15, -0.1) is 0 Å². The molecule has 0 aliphatic rings. The lowest BCUT2D eigenvalue weighted by Gasteiger charge is -2.11. The van der Waals surface area contributed by atoms with E-state index in [4.69, 9.17) is 14.6 Å². The molecule has 0 fully saturated rings. The van der Waals surface area contributed by atoms with Crippen LogP contribution in [0.5, 0.6) is 17.4 Å². The van der Waals surface area contributed by atoms with E-state index in [0.717, 1.165) is 0 Å². The molecule has 0 atom stereocenters. The van der Waals surface area contributed by atoms with Crippen molar-refractivity contribution in [2.45, 2.75) is 6.92 Å². The lowest BCUT2D eigenvalue weighted by Crippen LogP contribution is -2.00. The molecule has 2 rings (SSSR count). The highest BCUT2D eigenvalue weighted by molar-refractivity contribution is 5.88. The summed E-state index contributed by atoms with van der Waals surface area (Å²) in [6.07, 6.45) is 3.04. The van der Waals surface area contributed by atoms with E-state index in [1.807, 2.05) is 0 Å². The fraction of sp³-hybridized carbons (Fsp3) is 0.154. The Kier molecular flexibility index (Phi) is 3.61. The minimum Gasteiger partial charge on any atom is -0.493 e. The first kappa shape index (κ1) is 12.8. The second kappa shape index (κ2) is 5.34. The Morgan fingerprint density at radius 1 is 1.21 bits per heavy atom. The van der Waals surface area contributed by atoms with E-state index in [9.17, 15) is 4.79 Å². The number of carboxylic acids is 1. The van der Waals surface area contributed by atoms with E-state index in [1.54, 1.807) is 13.1 Å². The van der Waals surface area contributed by atoms with Crippen LogP contribution in [-0.2, 0) is 0 Å². The molecule has 1 N–H and O–H groups in total. The standard InChI is InChI=1S/C13H12N2O4/c1-8-12(15-6-5-14-8)19-11-7-9(13(16)17)3-4-10(11)18-2/h3-7H,1-2H3,(H,16,17). The zero-order valence-corrected chi connectivity index (χ0v) is 10.5. The van der Waals surface area contributed by atoms with E-state index in [2.05, 4.69) is 9.97 Å². The monoisotopic (exact) mass is 260 g/mol. The topological polar surface area (TPSA) is 81.5 Å². The first-order chi connectivity index (χ1) is 9.11. The summed E-state index contributed by atoms with van der Waals surface area (Å²) in [6, 6.07) is 4.36. The highest BCUT2D eigenvalue weighted by atomic mass is 16.5. The van der Waals surface area contributed by atoms with Crippen LogP contribution in [0.1, 0.15) is 16.1 Å². The van der Waals surface area contributed by atoms with Gasteiger partial charge in [0.1, 0.15) is 0 Å². The first-order valence-electron chi connectivity index (χ1n) is 5.48. The van der Waals surface area contributed by atoms with Crippen molar-refractivity contribution in [1.82, 2.24) is 9.97 Å². The Labute approximate surface area is 109 Å². The third kappa shape index (κ3) is 2.79. The van der Waals surface area contributed by atoms with Gasteiger partial charge in [0.2, 0.25) is 5.88 Å². The van der Waals surface area contributed by atoms with Crippen LogP contribution in [-0.4, -0.2) is 28.2 Å². The van der Waals surface area contributed by atoms with Gasteiger partial charge in [0.15, 0.2) is 11.5 Å². The molecule has 6 heteroatoms. The zero-order valence-electron chi connectivity index (χ0n) is 10.5. The largest absolute Gasteiger partial charge is 0.493 e. The molecular formula is C13H12N2O4. The predicted octanol–water partition coefficient (Wildman–Crippen LogP) is 2.28. The van der Waals surface area contributed by atoms with Gasteiger partial charge in [0, 0.05) is 12.4 Å². The molecule has 19 heavy (non-hydrogen) atoms. The van der Waals surface area contributed by atoms with E-state index in [0.29, 0.717) is 17.3 Å². The number of carboxylic acid groups (broad SMARTS) is 1. The molecule has 6 nitrogen and oxygen atoms in total. The van der Waals surface area contributed by atoms with Crippen molar-refractivity contribution in [2.75, 3.05) is 7.11 Å². The van der Waals surface area contributed by atoms with E-state index in [-0.39, 0.29) is 11.3 Å². The number of methoxy groups -OCH3 is 1. The van der Waals surface area contributed by atoms with Gasteiger partial charge >= 0.3 is 5.97 Å². The summed E-state index contributed by atoms with van der Waals surface area (Å²) in [5.74, 6) is -0.0206. The predicted molar refractivity (Wildman–Crippen MR) is 66.8 cm³/mol. The first-order valence-corrected chi connectivity index (χ1v) is 5.48. The molecule has 2 aromatic rings. The molecule has 0 spiro atoms. The SMILES string of the molecule is COc1ccc(C(=O)O)cc1Oc1nccnc1C. The number of hydrogen-bond donors (Lipinski definition) is 1. The van der Waals surface area contributed by atoms with Gasteiger partial charge < -0.3 is 14.6 Å².